The van der Waals surface area contributed by atoms with Crippen molar-refractivity contribution in [1.29, 1.82) is 0 Å². The van der Waals surface area contributed by atoms with E-state index < -0.39 is 5.97 Å². The third kappa shape index (κ3) is 4.23. The summed E-state index contributed by atoms with van der Waals surface area (Å²) in [7, 11) is 0. The molecule has 0 N–H and O–H groups in total. The Bertz CT molecular complexity index is 437. The summed E-state index contributed by atoms with van der Waals surface area (Å²) in [6, 6.07) is 6.58. The largest absolute Gasteiger partial charge is 0.423 e. The molecule has 1 rings (SSSR count). The minimum Gasteiger partial charge on any atom is -0.423 e. The van der Waals surface area contributed by atoms with Gasteiger partial charge in [0.15, 0.2) is 5.78 Å². The van der Waals surface area contributed by atoms with Crippen LogP contribution in [0.4, 0.5) is 0 Å². The Labute approximate surface area is 101 Å². The lowest BCUT2D eigenvalue weighted by Crippen LogP contribution is -2.04. The Balaban J connectivity index is 2.72. The Morgan fingerprint density at radius 1 is 1.18 bits per heavy atom. The van der Waals surface area contributed by atoms with Crippen molar-refractivity contribution in [3.05, 3.63) is 41.5 Å². The normalized spacial score (nSPS) is 9.59. The van der Waals surface area contributed by atoms with Gasteiger partial charge in [0.2, 0.25) is 0 Å². The summed E-state index contributed by atoms with van der Waals surface area (Å²) in [5.41, 5.74) is 1.52. The van der Waals surface area contributed by atoms with Gasteiger partial charge in [0.25, 0.3) is 0 Å². The first-order valence-corrected chi connectivity index (χ1v) is 5.53. The molecule has 0 aromatic heterocycles. The molecule has 0 saturated carbocycles. The van der Waals surface area contributed by atoms with E-state index in [0.29, 0.717) is 17.7 Å². The molecule has 1 aromatic carbocycles. The van der Waals surface area contributed by atoms with Crippen LogP contribution >= 0.6 is 0 Å². The Kier molecular flexibility index (Phi) is 4.64. The minimum atomic E-state index is -0.403. The van der Waals surface area contributed by atoms with Crippen molar-refractivity contribution in [3.8, 4) is 5.75 Å². The van der Waals surface area contributed by atoms with E-state index in [2.05, 4.69) is 0 Å². The van der Waals surface area contributed by atoms with Gasteiger partial charge in [-0.2, -0.15) is 0 Å². The molecule has 17 heavy (non-hydrogen) atoms. The molecule has 3 heteroatoms. The van der Waals surface area contributed by atoms with Crippen LogP contribution in [0.5, 0.6) is 5.75 Å². The summed E-state index contributed by atoms with van der Waals surface area (Å²) in [4.78, 5) is 22.7. The molecule has 0 aliphatic heterocycles. The summed E-state index contributed by atoms with van der Waals surface area (Å²) in [6.07, 6.45) is 1.89. The van der Waals surface area contributed by atoms with Gasteiger partial charge in [-0.3, -0.25) is 4.79 Å². The average molecular weight is 232 g/mol. The molecule has 1 aromatic rings. The van der Waals surface area contributed by atoms with Crippen LogP contribution in [0.1, 0.15) is 37.6 Å². The average Bonchev–Trinajstić information content (AvgIpc) is 2.28. The first kappa shape index (κ1) is 13.2. The maximum Gasteiger partial charge on any atom is 0.336 e. The lowest BCUT2D eigenvalue weighted by atomic mass is 10.1. The fourth-order valence-corrected chi connectivity index (χ4v) is 1.29. The van der Waals surface area contributed by atoms with E-state index in [9.17, 15) is 9.59 Å². The zero-order valence-electron chi connectivity index (χ0n) is 10.3. The molecule has 3 nitrogen and oxygen atoms in total. The molecule has 0 aliphatic rings. The molecular formula is C14H16O3. The van der Waals surface area contributed by atoms with Crippen LogP contribution in [0, 0.1) is 0 Å². The second-order valence-corrected chi connectivity index (χ2v) is 3.94. The number of hydrogen-bond acceptors (Lipinski definition) is 3. The highest BCUT2D eigenvalue weighted by Crippen LogP contribution is 2.14. The summed E-state index contributed by atoms with van der Waals surface area (Å²) in [6.45, 7) is 5.46. The van der Waals surface area contributed by atoms with Crippen LogP contribution in [-0.4, -0.2) is 11.8 Å². The summed E-state index contributed by atoms with van der Waals surface area (Å²) in [5.74, 6) is 0.117. The van der Waals surface area contributed by atoms with E-state index in [0.717, 1.165) is 5.57 Å². The lowest BCUT2D eigenvalue weighted by molar-refractivity contribution is -0.129. The zero-order valence-corrected chi connectivity index (χ0v) is 10.3. The van der Waals surface area contributed by atoms with E-state index in [1.165, 1.54) is 6.08 Å². The Morgan fingerprint density at radius 2 is 1.76 bits per heavy atom. The molecule has 0 bridgehead atoms. The first-order chi connectivity index (χ1) is 8.02. The SMILES string of the molecule is CCC(=O)c1ccc(OC(=O)C=C(C)C)cc1. The van der Waals surface area contributed by atoms with Gasteiger partial charge in [-0.1, -0.05) is 12.5 Å². The smallest absolute Gasteiger partial charge is 0.336 e. The van der Waals surface area contributed by atoms with Crippen molar-refractivity contribution in [2.24, 2.45) is 0 Å². The molecule has 0 amide bonds. The van der Waals surface area contributed by atoms with Crippen LogP contribution in [0.15, 0.2) is 35.9 Å². The Hall–Kier alpha value is -1.90. The predicted octanol–water partition coefficient (Wildman–Crippen LogP) is 3.15. The van der Waals surface area contributed by atoms with Crippen LogP contribution in [0.25, 0.3) is 0 Å². The number of ketones is 1. The standard InChI is InChI=1S/C14H16O3/c1-4-13(15)11-5-7-12(8-6-11)17-14(16)9-10(2)3/h5-9H,4H2,1-3H3. The maximum atomic E-state index is 11.4. The molecule has 0 aliphatic carbocycles. The second kappa shape index (κ2) is 5.99. The molecule has 0 unspecified atom stereocenters. The highest BCUT2D eigenvalue weighted by molar-refractivity contribution is 5.96. The van der Waals surface area contributed by atoms with Gasteiger partial charge < -0.3 is 4.74 Å². The third-order valence-corrected chi connectivity index (χ3v) is 2.12. The fraction of sp³-hybridized carbons (Fsp3) is 0.286. The van der Waals surface area contributed by atoms with E-state index in [1.54, 1.807) is 24.3 Å². The second-order valence-electron chi connectivity index (χ2n) is 3.94. The van der Waals surface area contributed by atoms with Crippen LogP contribution < -0.4 is 4.74 Å². The molecule has 0 fully saturated rings. The highest BCUT2D eigenvalue weighted by atomic mass is 16.5. The molecule has 0 atom stereocenters. The number of hydrogen-bond donors (Lipinski definition) is 0. The summed E-state index contributed by atoms with van der Waals surface area (Å²) < 4.78 is 5.07. The third-order valence-electron chi connectivity index (χ3n) is 2.12. The number of carbonyl (C=O) groups excluding carboxylic acids is 2. The Morgan fingerprint density at radius 3 is 2.24 bits per heavy atom. The number of esters is 1. The highest BCUT2D eigenvalue weighted by Gasteiger charge is 2.04. The monoisotopic (exact) mass is 232 g/mol. The minimum absolute atomic E-state index is 0.0761. The first-order valence-electron chi connectivity index (χ1n) is 5.53. The summed E-state index contributed by atoms with van der Waals surface area (Å²) in [5, 5.41) is 0. The predicted molar refractivity (Wildman–Crippen MR) is 66.1 cm³/mol. The fourth-order valence-electron chi connectivity index (χ4n) is 1.29. The number of benzene rings is 1. The van der Waals surface area contributed by atoms with Crippen LogP contribution in [0.2, 0.25) is 0 Å². The zero-order chi connectivity index (χ0) is 12.8. The van der Waals surface area contributed by atoms with Crippen molar-refractivity contribution >= 4 is 11.8 Å². The van der Waals surface area contributed by atoms with E-state index >= 15 is 0 Å². The van der Waals surface area contributed by atoms with Gasteiger partial charge in [-0.25, -0.2) is 4.79 Å². The van der Waals surface area contributed by atoms with Gasteiger partial charge in [0, 0.05) is 18.1 Å². The number of allylic oxidation sites excluding steroid dienone is 1. The number of Topliss-reactive ketones (excluding diaryl/α,β-unsaturated/α-hetero) is 1. The number of carbonyl (C=O) groups is 2. The topological polar surface area (TPSA) is 43.4 Å². The van der Waals surface area contributed by atoms with Crippen molar-refractivity contribution in [1.82, 2.24) is 0 Å². The van der Waals surface area contributed by atoms with Crippen molar-refractivity contribution in [3.63, 3.8) is 0 Å². The maximum absolute atomic E-state index is 11.4. The van der Waals surface area contributed by atoms with Crippen molar-refractivity contribution in [2.45, 2.75) is 27.2 Å². The van der Waals surface area contributed by atoms with Gasteiger partial charge in [-0.05, 0) is 38.1 Å². The van der Waals surface area contributed by atoms with E-state index in [-0.39, 0.29) is 5.78 Å². The van der Waals surface area contributed by atoms with Gasteiger partial charge in [0.1, 0.15) is 5.75 Å². The van der Waals surface area contributed by atoms with Crippen molar-refractivity contribution in [2.75, 3.05) is 0 Å². The number of rotatable bonds is 4. The van der Waals surface area contributed by atoms with Gasteiger partial charge >= 0.3 is 5.97 Å². The molecule has 0 saturated heterocycles. The van der Waals surface area contributed by atoms with Gasteiger partial charge in [0.05, 0.1) is 0 Å². The van der Waals surface area contributed by atoms with Crippen molar-refractivity contribution < 1.29 is 14.3 Å². The molecule has 0 heterocycles. The van der Waals surface area contributed by atoms with E-state index in [4.69, 9.17) is 4.74 Å². The van der Waals surface area contributed by atoms with E-state index in [1.807, 2.05) is 20.8 Å². The lowest BCUT2D eigenvalue weighted by Gasteiger charge is -2.03. The number of ether oxygens (including phenoxy) is 1. The molecular weight excluding hydrogens is 216 g/mol. The summed E-state index contributed by atoms with van der Waals surface area (Å²) >= 11 is 0. The molecule has 90 valence electrons. The quantitative estimate of drug-likeness (QED) is 0.346. The molecule has 0 radical (unpaired) electrons. The van der Waals surface area contributed by atoms with Crippen LogP contribution in [-0.2, 0) is 4.79 Å². The molecule has 0 spiro atoms. The van der Waals surface area contributed by atoms with Gasteiger partial charge in [-0.15, -0.1) is 0 Å². The van der Waals surface area contributed by atoms with Crippen LogP contribution in [0.3, 0.4) is 0 Å².